The van der Waals surface area contributed by atoms with Gasteiger partial charge in [0.15, 0.2) is 31.0 Å². The summed E-state index contributed by atoms with van der Waals surface area (Å²) in [6.45, 7) is 1.99. The van der Waals surface area contributed by atoms with Gasteiger partial charge < -0.3 is 9.66 Å². The number of aliphatic hydroxyl groups is 1. The average Bonchev–Trinajstić information content (AvgIpc) is 2.05. The fourth-order valence-electron chi connectivity index (χ4n) is 0.592. The van der Waals surface area contributed by atoms with E-state index in [1.807, 2.05) is 19.1 Å². The minimum Gasteiger partial charge on any atom is -0.582 e. The van der Waals surface area contributed by atoms with Crippen molar-refractivity contribution in [2.45, 2.75) is 13.5 Å². The highest BCUT2D eigenvalue weighted by molar-refractivity contribution is 8.31. The van der Waals surface area contributed by atoms with Crippen LogP contribution in [-0.4, -0.2) is 14.6 Å². The van der Waals surface area contributed by atoms with Gasteiger partial charge in [-0.1, -0.05) is 6.07 Å². The van der Waals surface area contributed by atoms with E-state index >= 15 is 0 Å². The van der Waals surface area contributed by atoms with Crippen LogP contribution in [0.25, 0.3) is 0 Å². The van der Waals surface area contributed by atoms with Gasteiger partial charge in [-0.15, -0.1) is 0 Å². The third-order valence-corrected chi connectivity index (χ3v) is 1.13. The van der Waals surface area contributed by atoms with Gasteiger partial charge in [0.1, 0.15) is 0 Å². The molecule has 0 unspecified atom stereocenters. The van der Waals surface area contributed by atoms with Gasteiger partial charge in [-0.3, -0.25) is 4.98 Å². The molecule has 0 atom stereocenters. The Kier molecular flexibility index (Phi) is 7.41. The summed E-state index contributed by atoms with van der Waals surface area (Å²) in [6, 6.07) is 3.74. The van der Waals surface area contributed by atoms with Crippen LogP contribution in [0.2, 0.25) is 0 Å². The molecule has 0 aliphatic carbocycles. The molecule has 0 aromatic carbocycles. The van der Waals surface area contributed by atoms with Crippen molar-refractivity contribution < 1.29 is 9.66 Å². The predicted molar refractivity (Wildman–Crippen MR) is 54.7 cm³/mol. The van der Waals surface area contributed by atoms with Gasteiger partial charge >= 0.3 is 0 Å². The molecule has 0 amide bonds. The quantitative estimate of drug-likeness (QED) is 0.765. The maximum Gasteiger partial charge on any atom is 0.198 e. The minimum absolute atomic E-state index is 0.0281. The van der Waals surface area contributed by atoms with Crippen LogP contribution in [0.4, 0.5) is 0 Å². The van der Waals surface area contributed by atoms with Gasteiger partial charge in [-0.2, -0.15) is 0 Å². The maximum absolute atomic E-state index is 9.09. The number of hydrogen-bond acceptors (Lipinski definition) is 3. The van der Waals surface area contributed by atoms with Gasteiger partial charge in [0, 0.05) is 6.20 Å². The van der Waals surface area contributed by atoms with Crippen LogP contribution in [0.1, 0.15) is 11.3 Å². The summed E-state index contributed by atoms with van der Waals surface area (Å²) in [7, 11) is 7.36. The number of pyridine rings is 1. The molecule has 0 aliphatic rings. The number of aryl methyl sites for hydroxylation is 1. The molecular formula is C7H9Cl2NO2S. The largest absolute Gasteiger partial charge is 0.582 e. The third kappa shape index (κ3) is 8.33. The van der Waals surface area contributed by atoms with E-state index in [1.165, 1.54) is 0 Å². The van der Waals surface area contributed by atoms with E-state index in [2.05, 4.69) is 26.3 Å². The summed E-state index contributed by atoms with van der Waals surface area (Å²) in [5, 5.41) is 8.57. The minimum atomic E-state index is -1.67. The monoisotopic (exact) mass is 241 g/mol. The van der Waals surface area contributed by atoms with Crippen molar-refractivity contribution in [3.8, 4) is 0 Å². The Morgan fingerprint density at radius 1 is 1.54 bits per heavy atom. The molecule has 1 rings (SSSR count). The van der Waals surface area contributed by atoms with Crippen LogP contribution in [0.3, 0.4) is 0 Å². The predicted octanol–water partition coefficient (Wildman–Crippen LogP) is 1.93. The lowest BCUT2D eigenvalue weighted by Gasteiger charge is -1.93. The molecule has 0 spiro atoms. The van der Waals surface area contributed by atoms with E-state index in [0.717, 1.165) is 11.3 Å². The fraction of sp³-hybridized carbons (Fsp3) is 0.286. The summed E-state index contributed by atoms with van der Waals surface area (Å²) in [4.78, 5) is 3.95. The first-order valence-electron chi connectivity index (χ1n) is 3.33. The molecule has 0 aliphatic heterocycles. The van der Waals surface area contributed by atoms with E-state index in [4.69, 9.17) is 9.66 Å². The van der Waals surface area contributed by atoms with Crippen molar-refractivity contribution in [1.82, 2.24) is 4.98 Å². The molecule has 1 heterocycles. The second kappa shape index (κ2) is 7.41. The first kappa shape index (κ1) is 13.0. The first-order chi connectivity index (χ1) is 6.06. The van der Waals surface area contributed by atoms with E-state index < -0.39 is 9.60 Å². The Hall–Kier alpha value is -0.000000000000000111. The zero-order valence-electron chi connectivity index (χ0n) is 6.91. The Labute approximate surface area is 88.9 Å². The lowest BCUT2D eigenvalue weighted by Crippen LogP contribution is -1.87. The van der Waals surface area contributed by atoms with Crippen LogP contribution < -0.4 is 0 Å². The Morgan fingerprint density at radius 2 is 2.08 bits per heavy atom. The van der Waals surface area contributed by atoms with Gasteiger partial charge in [-0.25, -0.2) is 0 Å². The molecule has 0 fully saturated rings. The van der Waals surface area contributed by atoms with Crippen molar-refractivity contribution in [3.63, 3.8) is 0 Å². The average molecular weight is 242 g/mol. The van der Waals surface area contributed by atoms with Crippen LogP contribution in [0.5, 0.6) is 0 Å². The highest BCUT2D eigenvalue weighted by Gasteiger charge is 1.87. The molecule has 1 aromatic rings. The van der Waals surface area contributed by atoms with Gasteiger partial charge in [0.05, 0.1) is 12.3 Å². The smallest absolute Gasteiger partial charge is 0.198 e. The number of halogens is 2. The number of aromatic nitrogens is 1. The normalized spacial score (nSPS) is 9.38. The number of rotatable bonds is 1. The standard InChI is InChI=1S/C7H9NO.Cl2OS/c1-6-2-3-7(5-9)8-4-6;1-4(2)3/h2-4,9H,5H2,1H3;. The zero-order chi connectivity index (χ0) is 10.3. The van der Waals surface area contributed by atoms with E-state index in [-0.39, 0.29) is 6.61 Å². The highest BCUT2D eigenvalue weighted by Crippen LogP contribution is 1.98. The summed E-state index contributed by atoms with van der Waals surface area (Å²) in [5.74, 6) is 0. The number of aliphatic hydroxyl groups excluding tert-OH is 1. The van der Waals surface area contributed by atoms with Crippen molar-refractivity contribution in [1.29, 1.82) is 0 Å². The van der Waals surface area contributed by atoms with Gasteiger partial charge in [-0.05, 0) is 18.6 Å². The zero-order valence-corrected chi connectivity index (χ0v) is 9.23. The van der Waals surface area contributed by atoms with Crippen LogP contribution in [-0.2, 0) is 16.2 Å². The lowest BCUT2D eigenvalue weighted by atomic mass is 10.3. The molecule has 74 valence electrons. The molecule has 0 saturated heterocycles. The van der Waals surface area contributed by atoms with Gasteiger partial charge in [0.25, 0.3) is 0 Å². The van der Waals surface area contributed by atoms with Crippen molar-refractivity contribution in [2.24, 2.45) is 0 Å². The van der Waals surface area contributed by atoms with Crippen LogP contribution in [0, 0.1) is 6.92 Å². The molecule has 3 nitrogen and oxygen atoms in total. The van der Waals surface area contributed by atoms with Crippen LogP contribution >= 0.6 is 21.4 Å². The van der Waals surface area contributed by atoms with Gasteiger partial charge in [0.2, 0.25) is 0 Å². The molecular weight excluding hydrogens is 233 g/mol. The number of nitrogens with zero attached hydrogens (tertiary/aromatic N) is 1. The fourth-order valence-corrected chi connectivity index (χ4v) is 0.592. The van der Waals surface area contributed by atoms with E-state index in [9.17, 15) is 0 Å². The van der Waals surface area contributed by atoms with Crippen LogP contribution in [0.15, 0.2) is 18.3 Å². The molecule has 1 N–H and O–H groups in total. The second-order valence-corrected chi connectivity index (χ2v) is 4.69. The topological polar surface area (TPSA) is 56.2 Å². The van der Waals surface area contributed by atoms with E-state index in [0.29, 0.717) is 0 Å². The molecule has 0 radical (unpaired) electrons. The highest BCUT2D eigenvalue weighted by atomic mass is 36.0. The maximum atomic E-state index is 9.09. The second-order valence-electron chi connectivity index (χ2n) is 2.17. The molecule has 13 heavy (non-hydrogen) atoms. The molecule has 0 saturated carbocycles. The summed E-state index contributed by atoms with van der Waals surface area (Å²) in [6.07, 6.45) is 1.74. The molecule has 6 heteroatoms. The van der Waals surface area contributed by atoms with Crippen molar-refractivity contribution in [3.05, 3.63) is 29.6 Å². The third-order valence-electron chi connectivity index (χ3n) is 1.13. The lowest BCUT2D eigenvalue weighted by molar-refractivity contribution is 0.277. The number of hydrogen-bond donors (Lipinski definition) is 1. The molecule has 1 aromatic heterocycles. The summed E-state index contributed by atoms with van der Waals surface area (Å²) < 4.78 is 9.09. The SMILES string of the molecule is Cc1ccc(CO)nc1.[O-][S+](Cl)Cl. The summed E-state index contributed by atoms with van der Waals surface area (Å²) in [5.41, 5.74) is 1.84. The van der Waals surface area contributed by atoms with Crippen molar-refractivity contribution >= 4 is 31.0 Å². The Bertz CT molecular complexity index is 228. The molecule has 0 bridgehead atoms. The Morgan fingerprint density at radius 3 is 2.38 bits per heavy atom. The Balaban J connectivity index is 0.000000310. The van der Waals surface area contributed by atoms with E-state index in [1.54, 1.807) is 6.20 Å². The summed E-state index contributed by atoms with van der Waals surface area (Å²) >= 11 is 0. The van der Waals surface area contributed by atoms with Crippen molar-refractivity contribution in [2.75, 3.05) is 0 Å². The first-order valence-corrected chi connectivity index (χ1v) is 6.13.